The molecule has 0 radical (unpaired) electrons. The van der Waals surface area contributed by atoms with E-state index < -0.39 is 6.09 Å². The van der Waals surface area contributed by atoms with E-state index in [1.807, 2.05) is 30.3 Å². The molecule has 2 amide bonds. The highest BCUT2D eigenvalue weighted by molar-refractivity contribution is 5.86. The van der Waals surface area contributed by atoms with Gasteiger partial charge in [-0.15, -0.1) is 0 Å². The van der Waals surface area contributed by atoms with Gasteiger partial charge in [0, 0.05) is 37.6 Å². The fourth-order valence-electron chi connectivity index (χ4n) is 2.86. The molecule has 7 nitrogen and oxygen atoms in total. The standard InChI is InChI=1S/C20H23N3O4/c1-2-26-20(25)23-14-12-22(13-15-23)17-10-8-16(9-11-17)21-19(24)27-18-6-4-3-5-7-18/h3-11H,2,12-15H2,1H3,(H,21,24). The molecule has 0 spiro atoms. The summed E-state index contributed by atoms with van der Waals surface area (Å²) in [6.07, 6.45) is -0.786. The predicted octanol–water partition coefficient (Wildman–Crippen LogP) is 3.58. The van der Waals surface area contributed by atoms with E-state index >= 15 is 0 Å². The van der Waals surface area contributed by atoms with Crippen LogP contribution in [-0.4, -0.2) is 49.9 Å². The van der Waals surface area contributed by atoms with Gasteiger partial charge in [-0.1, -0.05) is 18.2 Å². The molecule has 3 rings (SSSR count). The first-order valence-electron chi connectivity index (χ1n) is 8.96. The molecule has 27 heavy (non-hydrogen) atoms. The van der Waals surface area contributed by atoms with Crippen molar-refractivity contribution in [2.24, 2.45) is 0 Å². The average Bonchev–Trinajstić information content (AvgIpc) is 2.69. The van der Waals surface area contributed by atoms with Gasteiger partial charge in [-0.05, 0) is 43.3 Å². The minimum Gasteiger partial charge on any atom is -0.450 e. The molecular formula is C20H23N3O4. The Morgan fingerprint density at radius 3 is 2.26 bits per heavy atom. The van der Waals surface area contributed by atoms with E-state index in [0.29, 0.717) is 31.1 Å². The van der Waals surface area contributed by atoms with Crippen molar-refractivity contribution in [1.82, 2.24) is 4.90 Å². The number of benzene rings is 2. The number of anilines is 2. The molecule has 0 aromatic heterocycles. The van der Waals surface area contributed by atoms with E-state index in [9.17, 15) is 9.59 Å². The second-order valence-electron chi connectivity index (χ2n) is 6.05. The molecule has 1 saturated heterocycles. The molecule has 0 atom stereocenters. The summed E-state index contributed by atoms with van der Waals surface area (Å²) in [5.41, 5.74) is 1.70. The molecule has 0 aliphatic carbocycles. The van der Waals surface area contributed by atoms with E-state index in [4.69, 9.17) is 9.47 Å². The van der Waals surface area contributed by atoms with Crippen molar-refractivity contribution in [3.05, 3.63) is 54.6 Å². The molecule has 142 valence electrons. The number of hydrogen-bond acceptors (Lipinski definition) is 5. The fraction of sp³-hybridized carbons (Fsp3) is 0.300. The van der Waals surface area contributed by atoms with E-state index in [2.05, 4.69) is 10.2 Å². The van der Waals surface area contributed by atoms with E-state index in [-0.39, 0.29) is 6.09 Å². The molecule has 1 aliphatic rings. The summed E-state index contributed by atoms with van der Waals surface area (Å²) >= 11 is 0. The Hall–Kier alpha value is -3.22. The monoisotopic (exact) mass is 369 g/mol. The second kappa shape index (κ2) is 8.93. The van der Waals surface area contributed by atoms with E-state index in [1.165, 1.54) is 0 Å². The van der Waals surface area contributed by atoms with Gasteiger partial charge in [0.15, 0.2) is 0 Å². The van der Waals surface area contributed by atoms with Gasteiger partial charge >= 0.3 is 12.2 Å². The lowest BCUT2D eigenvalue weighted by Gasteiger charge is -2.35. The van der Waals surface area contributed by atoms with Crippen molar-refractivity contribution in [2.45, 2.75) is 6.92 Å². The Morgan fingerprint density at radius 1 is 0.963 bits per heavy atom. The summed E-state index contributed by atoms with van der Waals surface area (Å²) in [7, 11) is 0. The molecule has 1 aliphatic heterocycles. The van der Waals surface area contributed by atoms with Crippen LogP contribution in [0.3, 0.4) is 0 Å². The number of ether oxygens (including phenoxy) is 2. The van der Waals surface area contributed by atoms with Gasteiger partial charge in [0.05, 0.1) is 6.61 Å². The zero-order valence-corrected chi connectivity index (χ0v) is 15.3. The van der Waals surface area contributed by atoms with Crippen LogP contribution in [0.4, 0.5) is 21.0 Å². The Bertz CT molecular complexity index is 757. The number of para-hydroxylation sites is 1. The Labute approximate surface area is 158 Å². The number of amides is 2. The lowest BCUT2D eigenvalue weighted by molar-refractivity contribution is 0.105. The summed E-state index contributed by atoms with van der Waals surface area (Å²) < 4.78 is 10.2. The highest BCUT2D eigenvalue weighted by Crippen LogP contribution is 2.20. The maximum absolute atomic E-state index is 11.9. The van der Waals surface area contributed by atoms with Crippen LogP contribution in [0.25, 0.3) is 0 Å². The van der Waals surface area contributed by atoms with Gasteiger partial charge < -0.3 is 19.3 Å². The van der Waals surface area contributed by atoms with Gasteiger partial charge in [-0.2, -0.15) is 0 Å². The molecule has 2 aromatic rings. The predicted molar refractivity (Wildman–Crippen MR) is 103 cm³/mol. The van der Waals surface area contributed by atoms with Crippen molar-refractivity contribution in [3.8, 4) is 5.75 Å². The normalized spacial score (nSPS) is 13.8. The highest BCUT2D eigenvalue weighted by atomic mass is 16.6. The van der Waals surface area contributed by atoms with Gasteiger partial charge in [0.2, 0.25) is 0 Å². The minimum absolute atomic E-state index is 0.256. The van der Waals surface area contributed by atoms with Gasteiger partial charge in [0.25, 0.3) is 0 Å². The lowest BCUT2D eigenvalue weighted by atomic mass is 10.2. The first-order valence-corrected chi connectivity index (χ1v) is 8.96. The summed E-state index contributed by atoms with van der Waals surface area (Å²) in [5.74, 6) is 0.492. The summed E-state index contributed by atoms with van der Waals surface area (Å²) in [4.78, 5) is 27.6. The third-order valence-electron chi connectivity index (χ3n) is 4.24. The van der Waals surface area contributed by atoms with Gasteiger partial charge in [0.1, 0.15) is 5.75 Å². The molecular weight excluding hydrogens is 346 g/mol. The highest BCUT2D eigenvalue weighted by Gasteiger charge is 2.22. The van der Waals surface area contributed by atoms with Crippen LogP contribution in [0.1, 0.15) is 6.92 Å². The lowest BCUT2D eigenvalue weighted by Crippen LogP contribution is -2.49. The quantitative estimate of drug-likeness (QED) is 0.892. The molecule has 2 aromatic carbocycles. The Balaban J connectivity index is 1.50. The number of hydrogen-bond donors (Lipinski definition) is 1. The van der Waals surface area contributed by atoms with Crippen LogP contribution in [0.15, 0.2) is 54.6 Å². The van der Waals surface area contributed by atoms with Crippen molar-refractivity contribution in [3.63, 3.8) is 0 Å². The van der Waals surface area contributed by atoms with Crippen LogP contribution >= 0.6 is 0 Å². The van der Waals surface area contributed by atoms with Crippen LogP contribution in [0.5, 0.6) is 5.75 Å². The van der Waals surface area contributed by atoms with Gasteiger partial charge in [-0.25, -0.2) is 9.59 Å². The second-order valence-corrected chi connectivity index (χ2v) is 6.05. The summed E-state index contributed by atoms with van der Waals surface area (Å²) in [6, 6.07) is 16.5. The molecule has 1 heterocycles. The zero-order valence-electron chi connectivity index (χ0n) is 15.3. The third-order valence-corrected chi connectivity index (χ3v) is 4.24. The molecule has 0 bridgehead atoms. The Kier molecular flexibility index (Phi) is 6.14. The van der Waals surface area contributed by atoms with Crippen molar-refractivity contribution >= 4 is 23.6 Å². The molecule has 7 heteroatoms. The van der Waals surface area contributed by atoms with Crippen LogP contribution in [-0.2, 0) is 4.74 Å². The van der Waals surface area contributed by atoms with E-state index in [0.717, 1.165) is 18.8 Å². The first-order chi connectivity index (χ1) is 13.2. The molecule has 1 N–H and O–H groups in total. The van der Waals surface area contributed by atoms with Crippen molar-refractivity contribution in [2.75, 3.05) is 43.0 Å². The fourth-order valence-corrected chi connectivity index (χ4v) is 2.86. The first kappa shape index (κ1) is 18.6. The average molecular weight is 369 g/mol. The number of rotatable bonds is 4. The molecule has 0 unspecified atom stereocenters. The van der Waals surface area contributed by atoms with Crippen LogP contribution in [0.2, 0.25) is 0 Å². The zero-order chi connectivity index (χ0) is 19.1. The number of nitrogens with one attached hydrogen (secondary N) is 1. The number of carbonyl (C=O) groups is 2. The SMILES string of the molecule is CCOC(=O)N1CCN(c2ccc(NC(=O)Oc3ccccc3)cc2)CC1. The largest absolute Gasteiger partial charge is 0.450 e. The maximum Gasteiger partial charge on any atom is 0.417 e. The number of piperazine rings is 1. The summed E-state index contributed by atoms with van der Waals surface area (Å²) in [6.45, 7) is 4.92. The maximum atomic E-state index is 11.9. The van der Waals surface area contributed by atoms with Crippen LogP contribution in [0, 0.1) is 0 Å². The van der Waals surface area contributed by atoms with Crippen LogP contribution < -0.4 is 15.0 Å². The topological polar surface area (TPSA) is 71.1 Å². The van der Waals surface area contributed by atoms with Gasteiger partial charge in [-0.3, -0.25) is 5.32 Å². The third kappa shape index (κ3) is 5.13. The summed E-state index contributed by atoms with van der Waals surface area (Å²) in [5, 5.41) is 2.71. The smallest absolute Gasteiger partial charge is 0.417 e. The van der Waals surface area contributed by atoms with Crippen molar-refractivity contribution in [1.29, 1.82) is 0 Å². The minimum atomic E-state index is -0.531. The van der Waals surface area contributed by atoms with Crippen molar-refractivity contribution < 1.29 is 19.1 Å². The number of nitrogens with zero attached hydrogens (tertiary/aromatic N) is 2. The molecule has 1 fully saturated rings. The Morgan fingerprint density at radius 2 is 1.63 bits per heavy atom. The van der Waals surface area contributed by atoms with E-state index in [1.54, 1.807) is 36.1 Å². The molecule has 0 saturated carbocycles. The number of carbonyl (C=O) groups excluding carboxylic acids is 2.